The second-order valence-electron chi connectivity index (χ2n) is 8.82. The third-order valence-corrected chi connectivity index (χ3v) is 7.61. The van der Waals surface area contributed by atoms with Crippen molar-refractivity contribution in [3.05, 3.63) is 116 Å². The number of rotatable bonds is 4. The van der Waals surface area contributed by atoms with Gasteiger partial charge in [-0.15, -0.1) is 5.10 Å². The molecule has 0 atom stereocenters. The SMILES string of the molecule is Cc1c(-c2nc3sc(=Cc4cn(-c5ccccc5)nc4-c4ccc(Cl)cc4)c(=O)n3n2)oc2ccccc12. The summed E-state index contributed by atoms with van der Waals surface area (Å²) >= 11 is 7.40. The summed E-state index contributed by atoms with van der Waals surface area (Å²) in [6.07, 6.45) is 3.75. The van der Waals surface area contributed by atoms with Crippen molar-refractivity contribution < 1.29 is 4.42 Å². The average molecular weight is 536 g/mol. The maximum atomic E-state index is 13.4. The summed E-state index contributed by atoms with van der Waals surface area (Å²) in [6.45, 7) is 1.97. The normalized spacial score (nSPS) is 12.2. The molecule has 4 heterocycles. The molecule has 7 rings (SSSR count). The topological polar surface area (TPSA) is 78.2 Å². The number of benzene rings is 3. The van der Waals surface area contributed by atoms with Gasteiger partial charge in [0, 0.05) is 33.3 Å². The lowest BCUT2D eigenvalue weighted by Crippen LogP contribution is -2.23. The zero-order valence-corrected chi connectivity index (χ0v) is 21.6. The average Bonchev–Trinajstić information content (AvgIpc) is 3.69. The lowest BCUT2D eigenvalue weighted by atomic mass is 10.1. The van der Waals surface area contributed by atoms with Crippen LogP contribution in [0.2, 0.25) is 5.02 Å². The zero-order chi connectivity index (χ0) is 25.8. The molecule has 4 aromatic heterocycles. The Morgan fingerprint density at radius 3 is 2.47 bits per heavy atom. The number of thiazole rings is 1. The number of aryl methyl sites for hydroxylation is 1. The van der Waals surface area contributed by atoms with Gasteiger partial charge in [0.2, 0.25) is 10.8 Å². The Balaban J connectivity index is 1.36. The van der Waals surface area contributed by atoms with Crippen LogP contribution >= 0.6 is 22.9 Å². The first-order valence-corrected chi connectivity index (χ1v) is 13.1. The Kier molecular flexibility index (Phi) is 5.24. The Bertz CT molecular complexity index is 2070. The summed E-state index contributed by atoms with van der Waals surface area (Å²) in [5.41, 5.74) is 4.81. The van der Waals surface area contributed by atoms with Gasteiger partial charge in [-0.25, -0.2) is 4.68 Å². The summed E-state index contributed by atoms with van der Waals surface area (Å²) in [7, 11) is 0. The van der Waals surface area contributed by atoms with E-state index in [0.717, 1.165) is 39.0 Å². The molecule has 0 fully saturated rings. The van der Waals surface area contributed by atoms with Crippen LogP contribution in [0.4, 0.5) is 0 Å². The Morgan fingerprint density at radius 1 is 0.947 bits per heavy atom. The van der Waals surface area contributed by atoms with Crippen LogP contribution in [0.25, 0.3) is 50.5 Å². The smallest absolute Gasteiger partial charge is 0.291 e. The predicted molar refractivity (Wildman–Crippen MR) is 150 cm³/mol. The van der Waals surface area contributed by atoms with Crippen LogP contribution in [0.5, 0.6) is 0 Å². The van der Waals surface area contributed by atoms with E-state index in [-0.39, 0.29) is 5.56 Å². The number of para-hydroxylation sites is 2. The van der Waals surface area contributed by atoms with Crippen LogP contribution in [0, 0.1) is 6.92 Å². The zero-order valence-electron chi connectivity index (χ0n) is 20.0. The lowest BCUT2D eigenvalue weighted by Gasteiger charge is -2.00. The number of hydrogen-bond acceptors (Lipinski definition) is 6. The van der Waals surface area contributed by atoms with Gasteiger partial charge in [-0.1, -0.05) is 71.5 Å². The summed E-state index contributed by atoms with van der Waals surface area (Å²) in [6, 6.07) is 25.1. The van der Waals surface area contributed by atoms with E-state index in [4.69, 9.17) is 21.1 Å². The molecule has 0 saturated heterocycles. The first-order chi connectivity index (χ1) is 18.5. The molecule has 0 saturated carbocycles. The number of nitrogens with zero attached hydrogens (tertiary/aromatic N) is 5. The summed E-state index contributed by atoms with van der Waals surface area (Å²) < 4.78 is 9.65. The van der Waals surface area contributed by atoms with E-state index in [1.54, 1.807) is 4.68 Å². The van der Waals surface area contributed by atoms with E-state index in [1.807, 2.05) is 98.1 Å². The fourth-order valence-electron chi connectivity index (χ4n) is 4.50. The molecule has 38 heavy (non-hydrogen) atoms. The second kappa shape index (κ2) is 8.79. The summed E-state index contributed by atoms with van der Waals surface area (Å²) in [5.74, 6) is 0.966. The van der Waals surface area contributed by atoms with Gasteiger partial charge in [-0.05, 0) is 43.3 Å². The minimum atomic E-state index is -0.243. The van der Waals surface area contributed by atoms with Gasteiger partial charge in [0.15, 0.2) is 5.76 Å². The maximum Gasteiger partial charge on any atom is 0.291 e. The highest BCUT2D eigenvalue weighted by Crippen LogP contribution is 2.31. The molecule has 184 valence electrons. The molecule has 3 aromatic carbocycles. The number of furan rings is 1. The fourth-order valence-corrected chi connectivity index (χ4v) is 5.52. The van der Waals surface area contributed by atoms with Gasteiger partial charge in [-0.2, -0.15) is 14.6 Å². The quantitative estimate of drug-likeness (QED) is 0.279. The van der Waals surface area contributed by atoms with Crippen LogP contribution in [-0.2, 0) is 0 Å². The Hall–Kier alpha value is -4.53. The molecule has 9 heteroatoms. The summed E-state index contributed by atoms with van der Waals surface area (Å²) in [5, 5.41) is 11.0. The van der Waals surface area contributed by atoms with E-state index in [1.165, 1.54) is 15.9 Å². The van der Waals surface area contributed by atoms with Gasteiger partial charge in [0.05, 0.1) is 10.2 Å². The van der Waals surface area contributed by atoms with Crippen molar-refractivity contribution >= 4 is 44.9 Å². The molecule has 0 amide bonds. The van der Waals surface area contributed by atoms with Crippen molar-refractivity contribution in [1.29, 1.82) is 0 Å². The Labute approximate surface area is 224 Å². The molecular formula is C29H18ClN5O2S. The van der Waals surface area contributed by atoms with E-state index in [9.17, 15) is 4.79 Å². The van der Waals surface area contributed by atoms with E-state index >= 15 is 0 Å². The van der Waals surface area contributed by atoms with Crippen molar-refractivity contribution in [3.63, 3.8) is 0 Å². The largest absolute Gasteiger partial charge is 0.452 e. The minimum Gasteiger partial charge on any atom is -0.452 e. The molecule has 0 aliphatic heterocycles. The fraction of sp³-hybridized carbons (Fsp3) is 0.0345. The van der Waals surface area contributed by atoms with Crippen LogP contribution in [0.3, 0.4) is 0 Å². The monoisotopic (exact) mass is 535 g/mol. The first kappa shape index (κ1) is 22.7. The maximum absolute atomic E-state index is 13.4. The number of halogens is 1. The third kappa shape index (κ3) is 3.73. The third-order valence-electron chi connectivity index (χ3n) is 6.40. The predicted octanol–water partition coefficient (Wildman–Crippen LogP) is 5.93. The molecule has 0 bridgehead atoms. The number of aromatic nitrogens is 5. The molecule has 7 aromatic rings. The van der Waals surface area contributed by atoms with Crippen molar-refractivity contribution in [3.8, 4) is 28.5 Å². The van der Waals surface area contributed by atoms with Crippen LogP contribution in [0.15, 0.2) is 94.3 Å². The highest BCUT2D eigenvalue weighted by molar-refractivity contribution is 7.15. The molecular weight excluding hydrogens is 518 g/mol. The standard InChI is InChI=1S/C29H18ClN5O2S/c1-17-22-9-5-6-10-23(22)37-26(17)27-31-29-35(33-27)28(36)24(38-29)15-19-16-34(21-7-3-2-4-8-21)32-25(19)18-11-13-20(30)14-12-18/h2-16H,1H3. The van der Waals surface area contributed by atoms with Gasteiger partial charge < -0.3 is 4.42 Å². The molecule has 0 aliphatic carbocycles. The molecule has 0 radical (unpaired) electrons. The molecule has 0 spiro atoms. The van der Waals surface area contributed by atoms with Gasteiger partial charge in [0.25, 0.3) is 5.56 Å². The van der Waals surface area contributed by atoms with Crippen molar-refractivity contribution in [2.24, 2.45) is 0 Å². The van der Waals surface area contributed by atoms with Crippen LogP contribution in [-0.4, -0.2) is 24.4 Å². The number of hydrogen-bond donors (Lipinski definition) is 0. The van der Waals surface area contributed by atoms with Crippen molar-refractivity contribution in [2.45, 2.75) is 6.92 Å². The van der Waals surface area contributed by atoms with Gasteiger partial charge in [0.1, 0.15) is 11.3 Å². The van der Waals surface area contributed by atoms with Gasteiger partial charge >= 0.3 is 0 Å². The van der Waals surface area contributed by atoms with Crippen LogP contribution in [0.1, 0.15) is 11.1 Å². The highest BCUT2D eigenvalue weighted by Gasteiger charge is 2.19. The van der Waals surface area contributed by atoms with E-state index < -0.39 is 0 Å². The lowest BCUT2D eigenvalue weighted by molar-refractivity contribution is 0.622. The van der Waals surface area contributed by atoms with Crippen molar-refractivity contribution in [2.75, 3.05) is 0 Å². The van der Waals surface area contributed by atoms with Crippen molar-refractivity contribution in [1.82, 2.24) is 24.4 Å². The van der Waals surface area contributed by atoms with Gasteiger partial charge in [-0.3, -0.25) is 4.79 Å². The molecule has 0 N–H and O–H groups in total. The second-order valence-corrected chi connectivity index (χ2v) is 10.3. The Morgan fingerprint density at radius 2 is 1.71 bits per heavy atom. The van der Waals surface area contributed by atoms with E-state index in [0.29, 0.717) is 26.1 Å². The minimum absolute atomic E-state index is 0.243. The van der Waals surface area contributed by atoms with E-state index in [2.05, 4.69) is 10.1 Å². The highest BCUT2D eigenvalue weighted by atomic mass is 35.5. The molecule has 0 unspecified atom stereocenters. The molecule has 7 nitrogen and oxygen atoms in total. The first-order valence-electron chi connectivity index (χ1n) is 11.9. The molecule has 0 aliphatic rings. The van der Waals surface area contributed by atoms with Crippen LogP contribution < -0.4 is 10.1 Å². The summed E-state index contributed by atoms with van der Waals surface area (Å²) in [4.78, 5) is 18.5. The number of fused-ring (bicyclic) bond motifs is 2.